The molecule has 0 radical (unpaired) electrons. The Kier molecular flexibility index (Phi) is 3.87. The summed E-state index contributed by atoms with van der Waals surface area (Å²) >= 11 is 5.73. The van der Waals surface area contributed by atoms with Gasteiger partial charge in [-0.05, 0) is 42.8 Å². The van der Waals surface area contributed by atoms with E-state index in [1.165, 1.54) is 6.20 Å². The van der Waals surface area contributed by atoms with Crippen molar-refractivity contribution in [1.29, 1.82) is 0 Å². The molecule has 6 heteroatoms. The first-order valence-corrected chi connectivity index (χ1v) is 5.98. The second-order valence-corrected chi connectivity index (χ2v) is 4.40. The van der Waals surface area contributed by atoms with Crippen molar-refractivity contribution in [3.8, 4) is 0 Å². The van der Waals surface area contributed by atoms with Crippen molar-refractivity contribution < 1.29 is 4.79 Å². The third-order valence-corrected chi connectivity index (χ3v) is 2.72. The molecule has 2 aromatic rings. The lowest BCUT2D eigenvalue weighted by molar-refractivity contribution is 0.262. The lowest BCUT2D eigenvalue weighted by atomic mass is 10.2. The quantitative estimate of drug-likeness (QED) is 0.582. The van der Waals surface area contributed by atoms with Gasteiger partial charge >= 0.3 is 6.03 Å². The Balaban J connectivity index is 2.03. The third kappa shape index (κ3) is 3.59. The van der Waals surface area contributed by atoms with Crippen LogP contribution in [0.5, 0.6) is 0 Å². The number of nitrogens with one attached hydrogen (secondary N) is 2. The van der Waals surface area contributed by atoms with Gasteiger partial charge in [-0.15, -0.1) is 0 Å². The molecule has 0 fully saturated rings. The normalized spacial score (nSPS) is 10.0. The molecule has 0 aliphatic heterocycles. The van der Waals surface area contributed by atoms with Gasteiger partial charge in [-0.1, -0.05) is 11.6 Å². The van der Waals surface area contributed by atoms with Gasteiger partial charge in [-0.3, -0.25) is 0 Å². The highest BCUT2D eigenvalue weighted by Crippen LogP contribution is 2.17. The fraction of sp³-hybridized carbons (Fsp3) is 0.0769. The van der Waals surface area contributed by atoms with Crippen LogP contribution in [0, 0.1) is 6.92 Å². The Morgan fingerprint density at radius 1 is 1.21 bits per heavy atom. The molecule has 0 saturated heterocycles. The average molecular weight is 277 g/mol. The first kappa shape index (κ1) is 13.2. The summed E-state index contributed by atoms with van der Waals surface area (Å²) in [4.78, 5) is 15.6. The third-order valence-electron chi connectivity index (χ3n) is 2.51. The fourth-order valence-corrected chi connectivity index (χ4v) is 1.70. The number of carbonyl (C=O) groups is 1. The number of hydrogen-bond donors (Lipinski definition) is 3. The fourth-order valence-electron chi connectivity index (χ4n) is 1.53. The summed E-state index contributed by atoms with van der Waals surface area (Å²) in [5.74, 6) is 0. The van der Waals surface area contributed by atoms with Crippen LogP contribution in [-0.4, -0.2) is 11.0 Å². The van der Waals surface area contributed by atoms with Gasteiger partial charge in [0.15, 0.2) is 0 Å². The molecule has 0 bridgehead atoms. The Morgan fingerprint density at radius 2 is 1.89 bits per heavy atom. The van der Waals surface area contributed by atoms with Crippen LogP contribution < -0.4 is 16.4 Å². The minimum absolute atomic E-state index is 0.320. The topological polar surface area (TPSA) is 80.0 Å². The highest BCUT2D eigenvalue weighted by molar-refractivity contribution is 6.29. The van der Waals surface area contributed by atoms with E-state index in [9.17, 15) is 4.79 Å². The van der Waals surface area contributed by atoms with E-state index in [-0.39, 0.29) is 6.03 Å². The van der Waals surface area contributed by atoms with E-state index < -0.39 is 0 Å². The summed E-state index contributed by atoms with van der Waals surface area (Å²) in [5.41, 5.74) is 8.55. The molecule has 19 heavy (non-hydrogen) atoms. The Morgan fingerprint density at radius 3 is 2.53 bits per heavy atom. The lowest BCUT2D eigenvalue weighted by Crippen LogP contribution is -2.19. The molecule has 4 N–H and O–H groups in total. The zero-order valence-corrected chi connectivity index (χ0v) is 11.0. The van der Waals surface area contributed by atoms with Gasteiger partial charge in [0.25, 0.3) is 0 Å². The van der Waals surface area contributed by atoms with Crippen LogP contribution in [0.2, 0.25) is 5.15 Å². The molecule has 0 atom stereocenters. The van der Waals surface area contributed by atoms with E-state index in [1.807, 2.05) is 6.92 Å². The molecule has 1 aromatic heterocycles. The number of rotatable bonds is 2. The van der Waals surface area contributed by atoms with Gasteiger partial charge in [0.2, 0.25) is 0 Å². The molecule has 98 valence electrons. The summed E-state index contributed by atoms with van der Waals surface area (Å²) in [7, 11) is 0. The number of urea groups is 1. The summed E-state index contributed by atoms with van der Waals surface area (Å²) in [6.07, 6.45) is 1.52. The largest absolute Gasteiger partial charge is 0.399 e. The number of anilines is 3. The molecule has 0 unspecified atom stereocenters. The second kappa shape index (κ2) is 5.58. The molecule has 0 saturated carbocycles. The molecule has 0 spiro atoms. The van der Waals surface area contributed by atoms with Crippen LogP contribution in [0.1, 0.15) is 5.56 Å². The van der Waals surface area contributed by atoms with Gasteiger partial charge in [-0.2, -0.15) is 0 Å². The number of hydrogen-bond acceptors (Lipinski definition) is 3. The van der Waals surface area contributed by atoms with Crippen LogP contribution in [0.15, 0.2) is 36.5 Å². The van der Waals surface area contributed by atoms with Gasteiger partial charge < -0.3 is 16.4 Å². The van der Waals surface area contributed by atoms with Crippen LogP contribution in [0.3, 0.4) is 0 Å². The van der Waals surface area contributed by atoms with Gasteiger partial charge in [0.05, 0.1) is 0 Å². The van der Waals surface area contributed by atoms with Crippen molar-refractivity contribution in [2.75, 3.05) is 16.4 Å². The predicted molar refractivity (Wildman–Crippen MR) is 77.5 cm³/mol. The Hall–Kier alpha value is -2.27. The minimum Gasteiger partial charge on any atom is -0.399 e. The Labute approximate surface area is 115 Å². The first-order valence-electron chi connectivity index (χ1n) is 5.60. The van der Waals surface area contributed by atoms with E-state index >= 15 is 0 Å². The maximum absolute atomic E-state index is 11.8. The van der Waals surface area contributed by atoms with Crippen molar-refractivity contribution in [2.45, 2.75) is 6.92 Å². The van der Waals surface area contributed by atoms with Crippen molar-refractivity contribution >= 4 is 34.7 Å². The van der Waals surface area contributed by atoms with Crippen molar-refractivity contribution in [1.82, 2.24) is 4.98 Å². The van der Waals surface area contributed by atoms with E-state index in [1.54, 1.807) is 30.3 Å². The zero-order valence-electron chi connectivity index (χ0n) is 10.3. The number of amides is 2. The SMILES string of the molecule is Cc1cc(NC(=O)Nc2ccnc(Cl)c2)ccc1N. The van der Waals surface area contributed by atoms with Crippen molar-refractivity contribution in [2.24, 2.45) is 0 Å². The maximum atomic E-state index is 11.8. The number of nitrogen functional groups attached to an aromatic ring is 1. The number of nitrogens with zero attached hydrogens (tertiary/aromatic N) is 1. The molecule has 1 aromatic carbocycles. The monoisotopic (exact) mass is 276 g/mol. The maximum Gasteiger partial charge on any atom is 0.323 e. The Bertz CT molecular complexity index is 615. The molecule has 2 amide bonds. The number of carbonyl (C=O) groups excluding carboxylic acids is 1. The van der Waals surface area contributed by atoms with Crippen LogP contribution in [0.25, 0.3) is 0 Å². The van der Waals surface area contributed by atoms with Crippen LogP contribution in [0.4, 0.5) is 21.9 Å². The highest BCUT2D eigenvalue weighted by Gasteiger charge is 2.04. The summed E-state index contributed by atoms with van der Waals surface area (Å²) in [5, 5.41) is 5.69. The first-order chi connectivity index (χ1) is 9.04. The number of aromatic nitrogens is 1. The molecular formula is C13H13ClN4O. The lowest BCUT2D eigenvalue weighted by Gasteiger charge is -2.09. The summed E-state index contributed by atoms with van der Waals surface area (Å²) < 4.78 is 0. The number of nitrogens with two attached hydrogens (primary N) is 1. The van der Waals surface area contributed by atoms with E-state index in [2.05, 4.69) is 15.6 Å². The van der Waals surface area contributed by atoms with E-state index in [0.29, 0.717) is 22.2 Å². The average Bonchev–Trinajstić information content (AvgIpc) is 2.34. The second-order valence-electron chi connectivity index (χ2n) is 4.02. The number of halogens is 1. The molecule has 1 heterocycles. The highest BCUT2D eigenvalue weighted by atomic mass is 35.5. The molecule has 5 nitrogen and oxygen atoms in total. The van der Waals surface area contributed by atoms with Gasteiger partial charge in [0, 0.05) is 23.3 Å². The van der Waals surface area contributed by atoms with Crippen molar-refractivity contribution in [3.05, 3.63) is 47.2 Å². The standard InChI is InChI=1S/C13H13ClN4O/c1-8-6-9(2-3-11(8)15)17-13(19)18-10-4-5-16-12(14)7-10/h2-7H,15H2,1H3,(H2,16,17,18,19). The predicted octanol–water partition coefficient (Wildman–Crippen LogP) is 3.27. The van der Waals surface area contributed by atoms with Gasteiger partial charge in [0.1, 0.15) is 5.15 Å². The summed E-state index contributed by atoms with van der Waals surface area (Å²) in [6.45, 7) is 1.88. The minimum atomic E-state index is -0.355. The number of aryl methyl sites for hydroxylation is 1. The van der Waals surface area contributed by atoms with Crippen LogP contribution in [-0.2, 0) is 0 Å². The summed E-state index contributed by atoms with van der Waals surface area (Å²) in [6, 6.07) is 8.14. The molecule has 2 rings (SSSR count). The number of benzene rings is 1. The van der Waals surface area contributed by atoms with E-state index in [4.69, 9.17) is 17.3 Å². The van der Waals surface area contributed by atoms with Crippen molar-refractivity contribution in [3.63, 3.8) is 0 Å². The molecular weight excluding hydrogens is 264 g/mol. The smallest absolute Gasteiger partial charge is 0.323 e. The van der Waals surface area contributed by atoms with Gasteiger partial charge in [-0.25, -0.2) is 9.78 Å². The van der Waals surface area contributed by atoms with E-state index in [0.717, 1.165) is 5.56 Å². The number of pyridine rings is 1. The molecule has 0 aliphatic carbocycles. The molecule has 0 aliphatic rings. The zero-order chi connectivity index (χ0) is 13.8. The van der Waals surface area contributed by atoms with Crippen LogP contribution >= 0.6 is 11.6 Å².